The number of ether oxygens (including phenoxy) is 1. The molecule has 0 radical (unpaired) electrons. The molecule has 1 aliphatic heterocycles. The first-order chi connectivity index (χ1) is 4.10. The van der Waals surface area contributed by atoms with Gasteiger partial charge in [-0.25, -0.2) is 0 Å². The summed E-state index contributed by atoms with van der Waals surface area (Å²) in [5.41, 5.74) is 0. The quantitative estimate of drug-likeness (QED) is 0.447. The summed E-state index contributed by atoms with van der Waals surface area (Å²) in [7, 11) is -3.34. The molecule has 1 rings (SSSR count). The summed E-state index contributed by atoms with van der Waals surface area (Å²) in [4.78, 5) is 0. The molecule has 1 saturated heterocycles. The fourth-order valence-electron chi connectivity index (χ4n) is 0.481. The van der Waals surface area contributed by atoms with Gasteiger partial charge in [0.2, 0.25) is 0 Å². The highest BCUT2D eigenvalue weighted by atomic mass is 32.2. The predicted molar refractivity (Wildman–Crippen MR) is 30.3 cm³/mol. The Morgan fingerprint density at radius 1 is 1.56 bits per heavy atom. The third-order valence-corrected chi connectivity index (χ3v) is 1.90. The number of hydrogen-bond donors (Lipinski definition) is 0. The summed E-state index contributed by atoms with van der Waals surface area (Å²) < 4.78 is 30.1. The lowest BCUT2D eigenvalue weighted by molar-refractivity contribution is 0.0295. The van der Waals surface area contributed by atoms with Gasteiger partial charge < -0.3 is 4.74 Å². The van der Waals surface area contributed by atoms with Crippen molar-refractivity contribution in [3.05, 3.63) is 0 Å². The Morgan fingerprint density at radius 3 is 2.56 bits per heavy atom. The first-order valence-electron chi connectivity index (χ1n) is 2.59. The molecule has 1 heterocycles. The van der Waals surface area contributed by atoms with E-state index in [0.29, 0.717) is 0 Å². The minimum absolute atomic E-state index is 0.103. The standard InChI is InChI=1S/C4H8O4S/c1-4-2-8-9(5,6)3-7-4/h4H,2-3H2,1H3. The molecule has 0 amide bonds. The molecule has 0 aromatic carbocycles. The lowest BCUT2D eigenvalue weighted by Crippen LogP contribution is -2.29. The Morgan fingerprint density at radius 2 is 2.22 bits per heavy atom. The van der Waals surface area contributed by atoms with Crippen molar-refractivity contribution in [2.24, 2.45) is 0 Å². The fraction of sp³-hybridized carbons (Fsp3) is 1.00. The summed E-state index contributed by atoms with van der Waals surface area (Å²) >= 11 is 0. The zero-order chi connectivity index (χ0) is 6.91. The van der Waals surface area contributed by atoms with E-state index in [9.17, 15) is 8.42 Å². The highest BCUT2D eigenvalue weighted by Crippen LogP contribution is 2.06. The zero-order valence-electron chi connectivity index (χ0n) is 5.03. The minimum Gasteiger partial charge on any atom is -0.358 e. The van der Waals surface area contributed by atoms with Gasteiger partial charge >= 0.3 is 0 Å². The predicted octanol–water partition coefficient (Wildman–Crippen LogP) is -0.291. The second-order valence-corrected chi connectivity index (χ2v) is 3.52. The Bertz CT molecular complexity index is 169. The largest absolute Gasteiger partial charge is 0.358 e. The van der Waals surface area contributed by atoms with Gasteiger partial charge in [0.25, 0.3) is 10.1 Å². The molecule has 1 unspecified atom stereocenters. The Balaban J connectivity index is 2.55. The van der Waals surface area contributed by atoms with Crippen molar-refractivity contribution >= 4 is 10.1 Å². The van der Waals surface area contributed by atoms with Crippen molar-refractivity contribution in [2.75, 3.05) is 12.5 Å². The summed E-state index contributed by atoms with van der Waals surface area (Å²) in [5.74, 6) is -0.311. The van der Waals surface area contributed by atoms with Crippen LogP contribution in [-0.4, -0.2) is 27.1 Å². The maximum absolute atomic E-state index is 10.4. The van der Waals surface area contributed by atoms with Crippen molar-refractivity contribution < 1.29 is 17.3 Å². The lowest BCUT2D eigenvalue weighted by atomic mass is 10.4. The Labute approximate surface area is 53.9 Å². The molecular weight excluding hydrogens is 144 g/mol. The van der Waals surface area contributed by atoms with Gasteiger partial charge in [-0.3, -0.25) is 4.18 Å². The molecule has 54 valence electrons. The topological polar surface area (TPSA) is 52.6 Å². The van der Waals surface area contributed by atoms with Crippen LogP contribution in [0.25, 0.3) is 0 Å². The second-order valence-electron chi connectivity index (χ2n) is 1.94. The lowest BCUT2D eigenvalue weighted by Gasteiger charge is -2.18. The van der Waals surface area contributed by atoms with Crippen molar-refractivity contribution in [1.29, 1.82) is 0 Å². The van der Waals surface area contributed by atoms with E-state index in [-0.39, 0.29) is 18.6 Å². The van der Waals surface area contributed by atoms with Crippen molar-refractivity contribution in [3.8, 4) is 0 Å². The maximum atomic E-state index is 10.4. The third kappa shape index (κ3) is 1.92. The van der Waals surface area contributed by atoms with Gasteiger partial charge in [-0.1, -0.05) is 0 Å². The van der Waals surface area contributed by atoms with Gasteiger partial charge in [0, 0.05) is 0 Å². The molecule has 1 atom stereocenters. The van der Waals surface area contributed by atoms with Crippen LogP contribution in [0.3, 0.4) is 0 Å². The second kappa shape index (κ2) is 2.24. The van der Waals surface area contributed by atoms with Crippen LogP contribution in [0.15, 0.2) is 0 Å². The average Bonchev–Trinajstić information content (AvgIpc) is 1.78. The number of hydrogen-bond acceptors (Lipinski definition) is 4. The van der Waals surface area contributed by atoms with Crippen LogP contribution >= 0.6 is 0 Å². The SMILES string of the molecule is CC1COS(=O)(=O)CO1. The van der Waals surface area contributed by atoms with Crippen LogP contribution in [0.4, 0.5) is 0 Å². The van der Waals surface area contributed by atoms with E-state index in [1.54, 1.807) is 6.92 Å². The molecule has 0 saturated carbocycles. The van der Waals surface area contributed by atoms with E-state index < -0.39 is 10.1 Å². The average molecular weight is 152 g/mol. The Hall–Kier alpha value is -0.130. The maximum Gasteiger partial charge on any atom is 0.291 e. The first-order valence-corrected chi connectivity index (χ1v) is 4.16. The van der Waals surface area contributed by atoms with Gasteiger partial charge in [0.1, 0.15) is 0 Å². The monoisotopic (exact) mass is 152 g/mol. The molecule has 0 bridgehead atoms. The van der Waals surface area contributed by atoms with Crippen LogP contribution in [0.2, 0.25) is 0 Å². The molecule has 0 aromatic rings. The zero-order valence-corrected chi connectivity index (χ0v) is 5.85. The van der Waals surface area contributed by atoms with E-state index >= 15 is 0 Å². The van der Waals surface area contributed by atoms with E-state index in [1.807, 2.05) is 0 Å². The summed E-state index contributed by atoms with van der Waals surface area (Å²) in [6.07, 6.45) is -0.103. The van der Waals surface area contributed by atoms with Crippen molar-refractivity contribution in [2.45, 2.75) is 13.0 Å². The molecule has 4 nitrogen and oxygen atoms in total. The highest BCUT2D eigenvalue weighted by Gasteiger charge is 2.21. The summed E-state index contributed by atoms with van der Waals surface area (Å²) in [6, 6.07) is 0. The van der Waals surface area contributed by atoms with Crippen LogP contribution in [0, 0.1) is 0 Å². The normalized spacial score (nSPS) is 34.1. The van der Waals surface area contributed by atoms with E-state index in [1.165, 1.54) is 0 Å². The van der Waals surface area contributed by atoms with Gasteiger partial charge in [-0.2, -0.15) is 8.42 Å². The van der Waals surface area contributed by atoms with Crippen LogP contribution in [0.1, 0.15) is 6.92 Å². The summed E-state index contributed by atoms with van der Waals surface area (Å²) in [6.45, 7) is 1.90. The molecular formula is C4H8O4S. The molecule has 0 aliphatic carbocycles. The van der Waals surface area contributed by atoms with Gasteiger partial charge in [-0.05, 0) is 6.92 Å². The van der Waals surface area contributed by atoms with E-state index in [0.717, 1.165) is 0 Å². The molecule has 0 N–H and O–H groups in total. The minimum atomic E-state index is -3.34. The molecule has 1 aliphatic rings. The van der Waals surface area contributed by atoms with Crippen LogP contribution in [-0.2, 0) is 19.0 Å². The van der Waals surface area contributed by atoms with Crippen LogP contribution < -0.4 is 0 Å². The first kappa shape index (κ1) is 6.98. The highest BCUT2D eigenvalue weighted by molar-refractivity contribution is 7.86. The fourth-order valence-corrected chi connectivity index (χ4v) is 1.35. The van der Waals surface area contributed by atoms with Gasteiger partial charge in [0.05, 0.1) is 12.7 Å². The smallest absolute Gasteiger partial charge is 0.291 e. The molecule has 1 fully saturated rings. The molecule has 0 aromatic heterocycles. The van der Waals surface area contributed by atoms with Gasteiger partial charge in [0.15, 0.2) is 5.94 Å². The van der Waals surface area contributed by atoms with E-state index in [2.05, 4.69) is 4.18 Å². The number of rotatable bonds is 0. The third-order valence-electron chi connectivity index (χ3n) is 0.979. The summed E-state index contributed by atoms with van der Waals surface area (Å²) in [5, 5.41) is 0. The molecule has 9 heavy (non-hydrogen) atoms. The van der Waals surface area contributed by atoms with Crippen molar-refractivity contribution in [3.63, 3.8) is 0 Å². The van der Waals surface area contributed by atoms with Crippen LogP contribution in [0.5, 0.6) is 0 Å². The Kier molecular flexibility index (Phi) is 1.74. The molecule has 0 spiro atoms. The van der Waals surface area contributed by atoms with Gasteiger partial charge in [-0.15, -0.1) is 0 Å². The van der Waals surface area contributed by atoms with E-state index in [4.69, 9.17) is 4.74 Å². The van der Waals surface area contributed by atoms with Crippen molar-refractivity contribution in [1.82, 2.24) is 0 Å². The molecule has 5 heteroatoms.